The zero-order valence-corrected chi connectivity index (χ0v) is 11.1. The Morgan fingerprint density at radius 2 is 2.00 bits per heavy atom. The topological polar surface area (TPSA) is 55.1 Å². The third kappa shape index (κ3) is 1.99. The van der Waals surface area contributed by atoms with Crippen molar-refractivity contribution in [3.63, 3.8) is 0 Å². The van der Waals surface area contributed by atoms with Crippen LogP contribution in [0.5, 0.6) is 0 Å². The fourth-order valence-corrected chi connectivity index (χ4v) is 2.42. The number of halogens is 1. The lowest BCUT2D eigenvalue weighted by molar-refractivity contribution is 0.0696. The molecule has 1 aromatic carbocycles. The van der Waals surface area contributed by atoms with Crippen LogP contribution in [0.3, 0.4) is 0 Å². The molecule has 2 rings (SSSR count). The highest BCUT2D eigenvalue weighted by molar-refractivity contribution is 6.32. The molecule has 0 atom stereocenters. The summed E-state index contributed by atoms with van der Waals surface area (Å²) >= 11 is 6.22. The molecule has 0 aliphatic carbocycles. The van der Waals surface area contributed by atoms with Crippen LogP contribution in [0.2, 0.25) is 5.02 Å². The molecule has 5 heteroatoms. The Labute approximate surface area is 110 Å². The fourth-order valence-electron chi connectivity index (χ4n) is 2.02. The standard InChI is InChI=1S/C13H13ClN2O2/c1-7-4-8(2)12(11(14)5-7)16-9(3)10(6-15-16)13(17)18/h4-6H,1-3H3,(H,17,18). The first kappa shape index (κ1) is 12.6. The van der Waals surface area contributed by atoms with Gasteiger partial charge >= 0.3 is 5.97 Å². The Morgan fingerprint density at radius 1 is 1.33 bits per heavy atom. The molecule has 0 unspecified atom stereocenters. The van der Waals surface area contributed by atoms with Gasteiger partial charge in [-0.2, -0.15) is 5.10 Å². The van der Waals surface area contributed by atoms with Crippen molar-refractivity contribution in [1.82, 2.24) is 9.78 Å². The van der Waals surface area contributed by atoms with Gasteiger partial charge in [-0.15, -0.1) is 0 Å². The molecule has 0 radical (unpaired) electrons. The number of aromatic nitrogens is 2. The lowest BCUT2D eigenvalue weighted by atomic mass is 10.1. The molecule has 1 N–H and O–H groups in total. The van der Waals surface area contributed by atoms with E-state index in [9.17, 15) is 4.79 Å². The number of carboxylic acid groups (broad SMARTS) is 1. The van der Waals surface area contributed by atoms with Crippen LogP contribution in [0.15, 0.2) is 18.3 Å². The van der Waals surface area contributed by atoms with Crippen molar-refractivity contribution in [1.29, 1.82) is 0 Å². The Hall–Kier alpha value is -1.81. The summed E-state index contributed by atoms with van der Waals surface area (Å²) in [6.45, 7) is 5.60. The van der Waals surface area contributed by atoms with E-state index in [2.05, 4.69) is 5.10 Å². The van der Waals surface area contributed by atoms with Crippen LogP contribution >= 0.6 is 11.6 Å². The maximum Gasteiger partial charge on any atom is 0.339 e. The van der Waals surface area contributed by atoms with Crippen LogP contribution in [0, 0.1) is 20.8 Å². The van der Waals surface area contributed by atoms with Crippen LogP contribution in [-0.4, -0.2) is 20.9 Å². The minimum atomic E-state index is -0.986. The average Bonchev–Trinajstić information content (AvgIpc) is 2.59. The van der Waals surface area contributed by atoms with Gasteiger partial charge < -0.3 is 5.11 Å². The summed E-state index contributed by atoms with van der Waals surface area (Å²) in [6, 6.07) is 3.83. The Morgan fingerprint density at radius 3 is 2.50 bits per heavy atom. The molecule has 2 aromatic rings. The molecule has 0 aliphatic heterocycles. The molecule has 4 nitrogen and oxygen atoms in total. The monoisotopic (exact) mass is 264 g/mol. The van der Waals surface area contributed by atoms with Gasteiger partial charge in [-0.1, -0.05) is 17.7 Å². The minimum absolute atomic E-state index is 0.186. The van der Waals surface area contributed by atoms with E-state index in [1.165, 1.54) is 6.20 Å². The van der Waals surface area contributed by atoms with Gasteiger partial charge in [-0.3, -0.25) is 0 Å². The van der Waals surface area contributed by atoms with Crippen molar-refractivity contribution in [3.05, 3.63) is 45.7 Å². The predicted octanol–water partition coefficient (Wildman–Crippen LogP) is 3.15. The third-order valence-electron chi connectivity index (χ3n) is 2.85. The molecule has 1 aromatic heterocycles. The molecule has 0 saturated heterocycles. The number of aromatic carboxylic acids is 1. The summed E-state index contributed by atoms with van der Waals surface area (Å²) in [7, 11) is 0. The van der Waals surface area contributed by atoms with Gasteiger partial charge in [0.05, 0.1) is 22.6 Å². The highest BCUT2D eigenvalue weighted by atomic mass is 35.5. The van der Waals surface area contributed by atoms with Crippen LogP contribution in [0.25, 0.3) is 5.69 Å². The predicted molar refractivity (Wildman–Crippen MR) is 69.7 cm³/mol. The molecule has 0 aliphatic rings. The highest BCUT2D eigenvalue weighted by Crippen LogP contribution is 2.27. The highest BCUT2D eigenvalue weighted by Gasteiger charge is 2.17. The lowest BCUT2D eigenvalue weighted by Gasteiger charge is -2.11. The first-order valence-electron chi connectivity index (χ1n) is 5.47. The number of rotatable bonds is 2. The van der Waals surface area contributed by atoms with Crippen molar-refractivity contribution >= 4 is 17.6 Å². The van der Waals surface area contributed by atoms with Crippen molar-refractivity contribution in [3.8, 4) is 5.69 Å². The molecule has 0 saturated carbocycles. The number of nitrogens with zero attached hydrogens (tertiary/aromatic N) is 2. The van der Waals surface area contributed by atoms with Gasteiger partial charge in [0.1, 0.15) is 5.56 Å². The van der Waals surface area contributed by atoms with Gasteiger partial charge in [-0.25, -0.2) is 9.48 Å². The Bertz CT molecular complexity index is 609. The fraction of sp³-hybridized carbons (Fsp3) is 0.231. The van der Waals surface area contributed by atoms with Gasteiger partial charge in [-0.05, 0) is 38.0 Å². The van der Waals surface area contributed by atoms with E-state index in [-0.39, 0.29) is 5.56 Å². The second kappa shape index (κ2) is 4.46. The maximum absolute atomic E-state index is 11.0. The summed E-state index contributed by atoms with van der Waals surface area (Å²) in [5.41, 5.74) is 3.50. The average molecular weight is 265 g/mol. The van der Waals surface area contributed by atoms with Gasteiger partial charge in [0.2, 0.25) is 0 Å². The second-order valence-corrected chi connectivity index (χ2v) is 4.68. The number of carbonyl (C=O) groups is 1. The van der Waals surface area contributed by atoms with Gasteiger partial charge in [0.25, 0.3) is 0 Å². The number of benzene rings is 1. The normalized spacial score (nSPS) is 10.7. The Balaban J connectivity index is 2.67. The van der Waals surface area contributed by atoms with E-state index < -0.39 is 5.97 Å². The van der Waals surface area contributed by atoms with E-state index in [0.29, 0.717) is 10.7 Å². The second-order valence-electron chi connectivity index (χ2n) is 4.27. The number of aryl methyl sites for hydroxylation is 2. The largest absolute Gasteiger partial charge is 0.478 e. The van der Waals surface area contributed by atoms with Gasteiger partial charge in [0, 0.05) is 0 Å². The quantitative estimate of drug-likeness (QED) is 0.907. The molecule has 18 heavy (non-hydrogen) atoms. The Kier molecular flexibility index (Phi) is 3.13. The lowest BCUT2D eigenvalue weighted by Crippen LogP contribution is -2.05. The molecule has 94 valence electrons. The molecule has 0 spiro atoms. The summed E-state index contributed by atoms with van der Waals surface area (Å²) in [5.74, 6) is -0.986. The molecular formula is C13H13ClN2O2. The smallest absolute Gasteiger partial charge is 0.339 e. The summed E-state index contributed by atoms with van der Waals surface area (Å²) in [4.78, 5) is 11.0. The number of hydrogen-bond acceptors (Lipinski definition) is 2. The third-order valence-corrected chi connectivity index (χ3v) is 3.14. The van der Waals surface area contributed by atoms with E-state index in [1.807, 2.05) is 26.0 Å². The number of hydrogen-bond donors (Lipinski definition) is 1. The number of carboxylic acids is 1. The first-order chi connectivity index (χ1) is 8.41. The SMILES string of the molecule is Cc1cc(C)c(-n2ncc(C(=O)O)c2C)c(Cl)c1. The zero-order chi connectivity index (χ0) is 13.4. The molecule has 0 amide bonds. The summed E-state index contributed by atoms with van der Waals surface area (Å²) in [5, 5.41) is 13.7. The van der Waals surface area contributed by atoms with Crippen LogP contribution in [-0.2, 0) is 0 Å². The van der Waals surface area contributed by atoms with E-state index in [4.69, 9.17) is 16.7 Å². The minimum Gasteiger partial charge on any atom is -0.478 e. The van der Waals surface area contributed by atoms with Crippen molar-refractivity contribution in [2.45, 2.75) is 20.8 Å². The maximum atomic E-state index is 11.0. The van der Waals surface area contributed by atoms with E-state index in [0.717, 1.165) is 16.8 Å². The van der Waals surface area contributed by atoms with Crippen LogP contribution < -0.4 is 0 Å². The molecular weight excluding hydrogens is 252 g/mol. The molecule has 0 bridgehead atoms. The van der Waals surface area contributed by atoms with E-state index in [1.54, 1.807) is 11.6 Å². The van der Waals surface area contributed by atoms with Crippen LogP contribution in [0.1, 0.15) is 27.2 Å². The van der Waals surface area contributed by atoms with Crippen LogP contribution in [0.4, 0.5) is 0 Å². The molecule has 1 heterocycles. The van der Waals surface area contributed by atoms with Crippen molar-refractivity contribution < 1.29 is 9.90 Å². The van der Waals surface area contributed by atoms with Crippen molar-refractivity contribution in [2.75, 3.05) is 0 Å². The van der Waals surface area contributed by atoms with Crippen molar-refractivity contribution in [2.24, 2.45) is 0 Å². The summed E-state index contributed by atoms with van der Waals surface area (Å²) < 4.78 is 1.57. The molecule has 0 fully saturated rings. The summed E-state index contributed by atoms with van der Waals surface area (Å²) in [6.07, 6.45) is 1.34. The van der Waals surface area contributed by atoms with E-state index >= 15 is 0 Å². The zero-order valence-electron chi connectivity index (χ0n) is 10.4. The first-order valence-corrected chi connectivity index (χ1v) is 5.84. The van der Waals surface area contributed by atoms with Gasteiger partial charge in [0.15, 0.2) is 0 Å².